The van der Waals surface area contributed by atoms with Gasteiger partial charge < -0.3 is 4.74 Å². The zero-order chi connectivity index (χ0) is 12.9. The van der Waals surface area contributed by atoms with Crippen molar-refractivity contribution in [2.75, 3.05) is 7.11 Å². The number of pyridine rings is 1. The van der Waals surface area contributed by atoms with E-state index in [4.69, 9.17) is 4.74 Å². The van der Waals surface area contributed by atoms with Crippen molar-refractivity contribution in [2.24, 2.45) is 0 Å². The highest BCUT2D eigenvalue weighted by molar-refractivity contribution is 5.82. The number of esters is 1. The molecule has 17 heavy (non-hydrogen) atoms. The van der Waals surface area contributed by atoms with Crippen LogP contribution in [-0.4, -0.2) is 24.1 Å². The molecule has 4 nitrogen and oxygen atoms in total. The van der Waals surface area contributed by atoms with Crippen molar-refractivity contribution in [3.63, 3.8) is 0 Å². The second-order valence-corrected chi connectivity index (χ2v) is 4.31. The van der Waals surface area contributed by atoms with Crippen LogP contribution in [0.25, 0.3) is 0 Å². The second-order valence-electron chi connectivity index (χ2n) is 4.31. The maximum Gasteiger partial charge on any atom is 0.330 e. The fourth-order valence-corrected chi connectivity index (χ4v) is 1.74. The van der Waals surface area contributed by atoms with E-state index in [1.54, 1.807) is 12.4 Å². The zero-order valence-electron chi connectivity index (χ0n) is 10.9. The number of ether oxygens (including phenoxy) is 1. The van der Waals surface area contributed by atoms with Crippen LogP contribution >= 0.6 is 0 Å². The van der Waals surface area contributed by atoms with E-state index >= 15 is 0 Å². The first kappa shape index (κ1) is 13.6. The molecule has 0 saturated carbocycles. The van der Waals surface area contributed by atoms with Crippen molar-refractivity contribution in [1.82, 2.24) is 10.3 Å². The summed E-state index contributed by atoms with van der Waals surface area (Å²) in [7, 11) is 1.40. The molecule has 1 aromatic rings. The monoisotopic (exact) mass is 236 g/mol. The number of nitrogens with one attached hydrogen (secondary N) is 1. The molecule has 0 aromatic carbocycles. The van der Waals surface area contributed by atoms with Crippen LogP contribution in [-0.2, 0) is 15.1 Å². The number of aromatic nitrogens is 1. The van der Waals surface area contributed by atoms with Crippen LogP contribution < -0.4 is 5.32 Å². The Morgan fingerprint density at radius 2 is 2.12 bits per heavy atom. The van der Waals surface area contributed by atoms with E-state index in [0.29, 0.717) is 0 Å². The molecule has 0 fully saturated rings. The fourth-order valence-electron chi connectivity index (χ4n) is 1.74. The maximum atomic E-state index is 12.0. The van der Waals surface area contributed by atoms with Crippen LogP contribution in [0.4, 0.5) is 0 Å². The summed E-state index contributed by atoms with van der Waals surface area (Å²) in [4.78, 5) is 15.9. The van der Waals surface area contributed by atoms with Gasteiger partial charge in [0.2, 0.25) is 0 Å². The van der Waals surface area contributed by atoms with E-state index in [1.165, 1.54) is 7.11 Å². The molecule has 1 aromatic heterocycles. The number of hydrogen-bond acceptors (Lipinski definition) is 4. The SMILES string of the molecule is CCC(C)NC(C)(C(=O)OC)c1ccncc1. The highest BCUT2D eigenvalue weighted by atomic mass is 16.5. The molecule has 0 saturated heterocycles. The Labute approximate surface area is 102 Å². The summed E-state index contributed by atoms with van der Waals surface area (Å²) >= 11 is 0. The lowest BCUT2D eigenvalue weighted by Crippen LogP contribution is -2.50. The van der Waals surface area contributed by atoms with Gasteiger partial charge in [-0.2, -0.15) is 0 Å². The number of hydrogen-bond donors (Lipinski definition) is 1. The molecule has 0 radical (unpaired) electrons. The molecule has 2 unspecified atom stereocenters. The molecule has 2 atom stereocenters. The quantitative estimate of drug-likeness (QED) is 0.793. The lowest BCUT2D eigenvalue weighted by Gasteiger charge is -2.31. The van der Waals surface area contributed by atoms with Gasteiger partial charge >= 0.3 is 5.97 Å². The predicted molar refractivity (Wildman–Crippen MR) is 66.5 cm³/mol. The van der Waals surface area contributed by atoms with Crippen molar-refractivity contribution in [3.8, 4) is 0 Å². The summed E-state index contributed by atoms with van der Waals surface area (Å²) in [5, 5.41) is 3.31. The zero-order valence-corrected chi connectivity index (χ0v) is 10.9. The second kappa shape index (κ2) is 5.77. The molecule has 1 rings (SSSR count). The Bertz CT molecular complexity index is 367. The summed E-state index contributed by atoms with van der Waals surface area (Å²) in [6.45, 7) is 5.95. The van der Waals surface area contributed by atoms with Crippen molar-refractivity contribution in [2.45, 2.75) is 38.8 Å². The first-order valence-electron chi connectivity index (χ1n) is 5.81. The molecule has 0 aliphatic rings. The van der Waals surface area contributed by atoms with Crippen molar-refractivity contribution in [1.29, 1.82) is 0 Å². The van der Waals surface area contributed by atoms with Gasteiger partial charge in [0.25, 0.3) is 0 Å². The van der Waals surface area contributed by atoms with E-state index in [1.807, 2.05) is 26.0 Å². The third-order valence-electron chi connectivity index (χ3n) is 3.00. The number of rotatable bonds is 5. The standard InChI is InChI=1S/C13H20N2O2/c1-5-10(2)15-13(3,12(16)17-4)11-6-8-14-9-7-11/h6-10,15H,5H2,1-4H3. The van der Waals surface area contributed by atoms with E-state index in [9.17, 15) is 4.79 Å². The minimum absolute atomic E-state index is 0.229. The van der Waals surface area contributed by atoms with Gasteiger partial charge in [-0.25, -0.2) is 4.79 Å². The normalized spacial score (nSPS) is 16.0. The van der Waals surface area contributed by atoms with Crippen LogP contribution in [0.15, 0.2) is 24.5 Å². The smallest absolute Gasteiger partial charge is 0.330 e. The highest BCUT2D eigenvalue weighted by Crippen LogP contribution is 2.22. The Morgan fingerprint density at radius 3 is 2.59 bits per heavy atom. The molecule has 4 heteroatoms. The summed E-state index contributed by atoms with van der Waals surface area (Å²) in [5.41, 5.74) is 0.0345. The topological polar surface area (TPSA) is 51.2 Å². The third kappa shape index (κ3) is 3.03. The first-order chi connectivity index (χ1) is 8.04. The number of carbonyl (C=O) groups is 1. The van der Waals surface area contributed by atoms with E-state index < -0.39 is 5.54 Å². The number of methoxy groups -OCH3 is 1. The Hall–Kier alpha value is -1.42. The number of nitrogens with zero attached hydrogens (tertiary/aromatic N) is 1. The van der Waals surface area contributed by atoms with Crippen LogP contribution in [0.2, 0.25) is 0 Å². The highest BCUT2D eigenvalue weighted by Gasteiger charge is 2.37. The van der Waals surface area contributed by atoms with E-state index in [-0.39, 0.29) is 12.0 Å². The maximum absolute atomic E-state index is 12.0. The molecule has 0 spiro atoms. The van der Waals surface area contributed by atoms with Crippen molar-refractivity contribution >= 4 is 5.97 Å². The summed E-state index contributed by atoms with van der Waals surface area (Å²) in [6, 6.07) is 3.88. The summed E-state index contributed by atoms with van der Waals surface area (Å²) < 4.78 is 4.89. The van der Waals surface area contributed by atoms with Gasteiger partial charge in [0, 0.05) is 18.4 Å². The van der Waals surface area contributed by atoms with Gasteiger partial charge in [0.1, 0.15) is 5.54 Å². The Morgan fingerprint density at radius 1 is 1.53 bits per heavy atom. The van der Waals surface area contributed by atoms with Crippen molar-refractivity contribution < 1.29 is 9.53 Å². The first-order valence-corrected chi connectivity index (χ1v) is 5.81. The van der Waals surface area contributed by atoms with Crippen molar-refractivity contribution in [3.05, 3.63) is 30.1 Å². The van der Waals surface area contributed by atoms with Gasteiger partial charge in [-0.15, -0.1) is 0 Å². The van der Waals surface area contributed by atoms with Gasteiger partial charge in [0.15, 0.2) is 0 Å². The molecule has 1 heterocycles. The Kier molecular flexibility index (Phi) is 4.63. The van der Waals surface area contributed by atoms with Crippen LogP contribution in [0.3, 0.4) is 0 Å². The predicted octanol–water partition coefficient (Wildman–Crippen LogP) is 1.86. The molecule has 94 valence electrons. The third-order valence-corrected chi connectivity index (χ3v) is 3.00. The molecule has 0 bridgehead atoms. The van der Waals surface area contributed by atoms with Gasteiger partial charge in [-0.1, -0.05) is 6.92 Å². The molecular weight excluding hydrogens is 216 g/mol. The molecule has 0 aliphatic carbocycles. The lowest BCUT2D eigenvalue weighted by atomic mass is 9.91. The van der Waals surface area contributed by atoms with Crippen LogP contribution in [0, 0.1) is 0 Å². The fraction of sp³-hybridized carbons (Fsp3) is 0.538. The van der Waals surface area contributed by atoms with Crippen LogP contribution in [0.1, 0.15) is 32.8 Å². The molecule has 0 amide bonds. The summed E-state index contributed by atoms with van der Waals surface area (Å²) in [5.74, 6) is -0.288. The van der Waals surface area contributed by atoms with E-state index in [2.05, 4.69) is 17.2 Å². The van der Waals surface area contributed by atoms with E-state index in [0.717, 1.165) is 12.0 Å². The van der Waals surface area contributed by atoms with Gasteiger partial charge in [0.05, 0.1) is 7.11 Å². The number of carbonyl (C=O) groups excluding carboxylic acids is 1. The van der Waals surface area contributed by atoms with Crippen LogP contribution in [0.5, 0.6) is 0 Å². The molecule has 1 N–H and O–H groups in total. The summed E-state index contributed by atoms with van der Waals surface area (Å²) in [6.07, 6.45) is 4.29. The van der Waals surface area contributed by atoms with Gasteiger partial charge in [-0.3, -0.25) is 10.3 Å². The molecular formula is C13H20N2O2. The lowest BCUT2D eigenvalue weighted by molar-refractivity contribution is -0.148. The molecule has 0 aliphatic heterocycles. The van der Waals surface area contributed by atoms with Gasteiger partial charge in [-0.05, 0) is 38.0 Å². The minimum atomic E-state index is -0.826. The Balaban J connectivity index is 3.06. The average molecular weight is 236 g/mol. The average Bonchev–Trinajstić information content (AvgIpc) is 2.38. The minimum Gasteiger partial charge on any atom is -0.467 e. The largest absolute Gasteiger partial charge is 0.467 e.